The van der Waals surface area contributed by atoms with Crippen molar-refractivity contribution >= 4 is 21.6 Å². The van der Waals surface area contributed by atoms with E-state index in [1.54, 1.807) is 12.1 Å². The van der Waals surface area contributed by atoms with Gasteiger partial charge in [-0.1, -0.05) is 6.92 Å². The summed E-state index contributed by atoms with van der Waals surface area (Å²) in [4.78, 5) is 2.49. The molecule has 1 aliphatic heterocycles. The smallest absolute Gasteiger partial charge is 0.125 e. The molecule has 19 heavy (non-hydrogen) atoms. The van der Waals surface area contributed by atoms with Crippen LogP contribution in [-0.2, 0) is 0 Å². The average molecular weight is 329 g/mol. The fourth-order valence-corrected chi connectivity index (χ4v) is 3.10. The number of hydrogen-bond acceptors (Lipinski definition) is 2. The monoisotopic (exact) mass is 328 g/mol. The topological polar surface area (TPSA) is 15.3 Å². The highest BCUT2D eigenvalue weighted by molar-refractivity contribution is 9.10. The zero-order chi connectivity index (χ0) is 13.8. The maximum absolute atomic E-state index is 13.3. The van der Waals surface area contributed by atoms with Crippen LogP contribution in [0.25, 0.3) is 0 Å². The summed E-state index contributed by atoms with van der Waals surface area (Å²) in [5.41, 5.74) is 0.852. The molecule has 4 heteroatoms. The van der Waals surface area contributed by atoms with Crippen molar-refractivity contribution in [3.05, 3.63) is 28.5 Å². The standard InChI is InChI=1S/C15H22BrFN2/c1-3-19-8-6-12(7-9-19)11(2)18-15-10-13(17)4-5-14(15)16/h4-5,10-12,18H,3,6-9H2,1-2H3. The number of benzene rings is 1. The number of nitrogens with one attached hydrogen (secondary N) is 1. The second-order valence-corrected chi connectivity index (χ2v) is 6.18. The molecule has 0 saturated carbocycles. The SMILES string of the molecule is CCN1CCC(C(C)Nc2cc(F)ccc2Br)CC1. The molecule has 1 N–H and O–H groups in total. The quantitative estimate of drug-likeness (QED) is 0.894. The summed E-state index contributed by atoms with van der Waals surface area (Å²) in [5.74, 6) is 0.469. The Morgan fingerprint density at radius 3 is 2.74 bits per heavy atom. The van der Waals surface area contributed by atoms with Crippen LogP contribution in [0.15, 0.2) is 22.7 Å². The number of hydrogen-bond donors (Lipinski definition) is 1. The Labute approximate surface area is 123 Å². The largest absolute Gasteiger partial charge is 0.381 e. The van der Waals surface area contributed by atoms with Crippen LogP contribution in [0.5, 0.6) is 0 Å². The van der Waals surface area contributed by atoms with Gasteiger partial charge in [-0.15, -0.1) is 0 Å². The molecular formula is C15H22BrFN2. The van der Waals surface area contributed by atoms with Crippen LogP contribution in [0.1, 0.15) is 26.7 Å². The van der Waals surface area contributed by atoms with E-state index >= 15 is 0 Å². The Hall–Kier alpha value is -0.610. The van der Waals surface area contributed by atoms with E-state index in [1.807, 2.05) is 0 Å². The highest BCUT2D eigenvalue weighted by Gasteiger charge is 2.23. The van der Waals surface area contributed by atoms with Crippen molar-refractivity contribution in [3.8, 4) is 0 Å². The summed E-state index contributed by atoms with van der Waals surface area (Å²) in [5, 5.41) is 3.45. The molecule has 0 radical (unpaired) electrons. The first-order chi connectivity index (χ1) is 9.10. The molecule has 1 atom stereocenters. The van der Waals surface area contributed by atoms with Crippen molar-refractivity contribution in [1.29, 1.82) is 0 Å². The molecule has 0 amide bonds. The van der Waals surface area contributed by atoms with Crippen molar-refractivity contribution in [2.75, 3.05) is 25.0 Å². The van der Waals surface area contributed by atoms with Gasteiger partial charge in [-0.3, -0.25) is 0 Å². The van der Waals surface area contributed by atoms with Gasteiger partial charge in [0, 0.05) is 10.5 Å². The van der Waals surface area contributed by atoms with Gasteiger partial charge in [0.15, 0.2) is 0 Å². The van der Waals surface area contributed by atoms with Crippen LogP contribution >= 0.6 is 15.9 Å². The van der Waals surface area contributed by atoms with Crippen LogP contribution in [0.4, 0.5) is 10.1 Å². The minimum atomic E-state index is -0.196. The molecule has 106 valence electrons. The number of piperidine rings is 1. The van der Waals surface area contributed by atoms with Crippen molar-refractivity contribution in [2.45, 2.75) is 32.7 Å². The van der Waals surface area contributed by atoms with Crippen LogP contribution in [0.3, 0.4) is 0 Å². The predicted molar refractivity (Wildman–Crippen MR) is 82.0 cm³/mol. The summed E-state index contributed by atoms with van der Waals surface area (Å²) in [6.07, 6.45) is 2.43. The van der Waals surface area contributed by atoms with Crippen molar-refractivity contribution in [1.82, 2.24) is 4.90 Å². The van der Waals surface area contributed by atoms with Crippen LogP contribution < -0.4 is 5.32 Å². The Bertz CT molecular complexity index is 417. The molecule has 1 fully saturated rings. The zero-order valence-corrected chi connectivity index (χ0v) is 13.2. The second kappa shape index (κ2) is 6.71. The third-order valence-corrected chi connectivity index (χ3v) is 4.79. The average Bonchev–Trinajstić information content (AvgIpc) is 2.43. The Morgan fingerprint density at radius 1 is 1.42 bits per heavy atom. The van der Waals surface area contributed by atoms with E-state index in [-0.39, 0.29) is 5.82 Å². The fraction of sp³-hybridized carbons (Fsp3) is 0.600. The summed E-state index contributed by atoms with van der Waals surface area (Å²) < 4.78 is 14.2. The van der Waals surface area contributed by atoms with Gasteiger partial charge in [0.1, 0.15) is 5.82 Å². The van der Waals surface area contributed by atoms with E-state index in [1.165, 1.54) is 32.0 Å². The van der Waals surface area contributed by atoms with Gasteiger partial charge >= 0.3 is 0 Å². The molecule has 1 unspecified atom stereocenters. The summed E-state index contributed by atoms with van der Waals surface area (Å²) in [6.45, 7) is 7.91. The molecule has 2 rings (SSSR count). The molecule has 1 saturated heterocycles. The summed E-state index contributed by atoms with van der Waals surface area (Å²) in [6, 6.07) is 5.16. The van der Waals surface area contributed by atoms with Crippen molar-refractivity contribution < 1.29 is 4.39 Å². The summed E-state index contributed by atoms with van der Waals surface area (Å²) >= 11 is 3.47. The second-order valence-electron chi connectivity index (χ2n) is 5.33. The summed E-state index contributed by atoms with van der Waals surface area (Å²) in [7, 11) is 0. The third-order valence-electron chi connectivity index (χ3n) is 4.10. The Balaban J connectivity index is 1.94. The lowest BCUT2D eigenvalue weighted by molar-refractivity contribution is 0.183. The molecule has 0 spiro atoms. The third kappa shape index (κ3) is 3.93. The van der Waals surface area contributed by atoms with Gasteiger partial charge in [0.25, 0.3) is 0 Å². The Morgan fingerprint density at radius 2 is 2.11 bits per heavy atom. The van der Waals surface area contributed by atoms with Crippen molar-refractivity contribution in [3.63, 3.8) is 0 Å². The van der Waals surface area contributed by atoms with Gasteiger partial charge in [-0.2, -0.15) is 0 Å². The van der Waals surface area contributed by atoms with E-state index in [0.29, 0.717) is 12.0 Å². The molecule has 1 heterocycles. The molecule has 1 aliphatic rings. The highest BCUT2D eigenvalue weighted by Crippen LogP contribution is 2.27. The van der Waals surface area contributed by atoms with Crippen molar-refractivity contribution in [2.24, 2.45) is 5.92 Å². The number of nitrogens with zero attached hydrogens (tertiary/aromatic N) is 1. The van der Waals surface area contributed by atoms with Crippen LogP contribution in [0, 0.1) is 11.7 Å². The van der Waals surface area contributed by atoms with E-state index in [4.69, 9.17) is 0 Å². The molecule has 0 aromatic heterocycles. The zero-order valence-electron chi connectivity index (χ0n) is 11.6. The minimum Gasteiger partial charge on any atom is -0.381 e. The van der Waals surface area contributed by atoms with Gasteiger partial charge in [0.05, 0.1) is 5.69 Å². The number of likely N-dealkylation sites (tertiary alicyclic amines) is 1. The minimum absolute atomic E-state index is 0.196. The van der Waals surface area contributed by atoms with E-state index in [0.717, 1.165) is 16.7 Å². The lowest BCUT2D eigenvalue weighted by atomic mass is 9.90. The highest BCUT2D eigenvalue weighted by atomic mass is 79.9. The van der Waals surface area contributed by atoms with Gasteiger partial charge in [0.2, 0.25) is 0 Å². The fourth-order valence-electron chi connectivity index (χ4n) is 2.74. The number of anilines is 1. The van der Waals surface area contributed by atoms with E-state index in [2.05, 4.69) is 40.0 Å². The molecule has 0 bridgehead atoms. The first-order valence-corrected chi connectivity index (χ1v) is 7.83. The van der Waals surface area contributed by atoms with Crippen LogP contribution in [-0.4, -0.2) is 30.6 Å². The predicted octanol–water partition coefficient (Wildman–Crippen LogP) is 4.12. The normalized spacial score (nSPS) is 19.4. The van der Waals surface area contributed by atoms with E-state index < -0.39 is 0 Å². The molecule has 0 aliphatic carbocycles. The van der Waals surface area contributed by atoms with Gasteiger partial charge < -0.3 is 10.2 Å². The molecule has 1 aromatic rings. The lowest BCUT2D eigenvalue weighted by Gasteiger charge is -2.35. The maximum atomic E-state index is 13.3. The lowest BCUT2D eigenvalue weighted by Crippen LogP contribution is -2.39. The van der Waals surface area contributed by atoms with Gasteiger partial charge in [-0.05, 0) is 79.4 Å². The van der Waals surface area contributed by atoms with Crippen LogP contribution in [0.2, 0.25) is 0 Å². The molecular weight excluding hydrogens is 307 g/mol. The first-order valence-electron chi connectivity index (χ1n) is 7.04. The Kier molecular flexibility index (Phi) is 5.22. The van der Waals surface area contributed by atoms with E-state index in [9.17, 15) is 4.39 Å². The molecule has 2 nitrogen and oxygen atoms in total. The van der Waals surface area contributed by atoms with Gasteiger partial charge in [-0.25, -0.2) is 4.39 Å². The molecule has 1 aromatic carbocycles. The first kappa shape index (κ1) is 14.8. The maximum Gasteiger partial charge on any atom is 0.125 e. The number of rotatable bonds is 4. The number of halogens is 2.